The van der Waals surface area contributed by atoms with Crippen molar-refractivity contribution in [3.05, 3.63) is 23.8 Å². The van der Waals surface area contributed by atoms with E-state index in [0.29, 0.717) is 28.2 Å². The van der Waals surface area contributed by atoms with Crippen LogP contribution in [0.5, 0.6) is 5.88 Å². The second-order valence-corrected chi connectivity index (χ2v) is 5.84. The van der Waals surface area contributed by atoms with Gasteiger partial charge in [-0.05, 0) is 25.0 Å². The van der Waals surface area contributed by atoms with Gasteiger partial charge < -0.3 is 4.74 Å². The number of thioether (sulfide) groups is 1. The average molecular weight is 326 g/mol. The standard InChI is InChI=1S/C16H14N4O2S/c1-4-11(21)10-7-12(23-3)20-15(19-10)13-14(9-5-6-9)17-8-18-16(13)22-2/h1,7-9H,5-6H2,2-3H3. The van der Waals surface area contributed by atoms with E-state index in [9.17, 15) is 4.79 Å². The highest BCUT2D eigenvalue weighted by Crippen LogP contribution is 2.44. The number of hydrogen-bond donors (Lipinski definition) is 0. The summed E-state index contributed by atoms with van der Waals surface area (Å²) in [4.78, 5) is 29.2. The molecular weight excluding hydrogens is 312 g/mol. The van der Waals surface area contributed by atoms with Gasteiger partial charge in [0.2, 0.25) is 5.88 Å². The predicted molar refractivity (Wildman–Crippen MR) is 86.5 cm³/mol. The SMILES string of the molecule is C#CC(=O)c1cc(SC)nc(-c2c(OC)ncnc2C2CC2)n1. The minimum atomic E-state index is -0.479. The van der Waals surface area contributed by atoms with Crippen LogP contribution in [0.2, 0.25) is 0 Å². The summed E-state index contributed by atoms with van der Waals surface area (Å²) in [6, 6.07) is 1.59. The second kappa shape index (κ2) is 6.34. The van der Waals surface area contributed by atoms with Crippen molar-refractivity contribution in [3.63, 3.8) is 0 Å². The van der Waals surface area contributed by atoms with Crippen LogP contribution >= 0.6 is 11.8 Å². The van der Waals surface area contributed by atoms with E-state index in [4.69, 9.17) is 11.2 Å². The topological polar surface area (TPSA) is 77.9 Å². The number of aromatic nitrogens is 4. The molecule has 1 fully saturated rings. The number of ether oxygens (including phenoxy) is 1. The summed E-state index contributed by atoms with van der Waals surface area (Å²) >= 11 is 1.41. The fourth-order valence-corrected chi connectivity index (χ4v) is 2.65. The highest BCUT2D eigenvalue weighted by Gasteiger charge is 2.31. The van der Waals surface area contributed by atoms with Gasteiger partial charge in [-0.2, -0.15) is 0 Å². The number of ketones is 1. The summed E-state index contributed by atoms with van der Waals surface area (Å²) in [5.74, 6) is 2.74. The summed E-state index contributed by atoms with van der Waals surface area (Å²) in [7, 11) is 1.54. The fourth-order valence-electron chi connectivity index (χ4n) is 2.25. The lowest BCUT2D eigenvalue weighted by Crippen LogP contribution is -2.06. The predicted octanol–water partition coefficient (Wildman–Crippen LogP) is 2.36. The monoisotopic (exact) mass is 326 g/mol. The largest absolute Gasteiger partial charge is 0.480 e. The van der Waals surface area contributed by atoms with E-state index >= 15 is 0 Å². The second-order valence-electron chi connectivity index (χ2n) is 5.01. The maximum Gasteiger partial charge on any atom is 0.254 e. The van der Waals surface area contributed by atoms with Crippen molar-refractivity contribution in [2.75, 3.05) is 13.4 Å². The Morgan fingerprint density at radius 3 is 2.78 bits per heavy atom. The molecule has 1 aliphatic carbocycles. The van der Waals surface area contributed by atoms with Crippen molar-refractivity contribution in [1.82, 2.24) is 19.9 Å². The van der Waals surface area contributed by atoms with Gasteiger partial charge in [0.15, 0.2) is 5.82 Å². The van der Waals surface area contributed by atoms with Crippen LogP contribution in [0.3, 0.4) is 0 Å². The molecule has 0 unspecified atom stereocenters. The van der Waals surface area contributed by atoms with Gasteiger partial charge in [-0.25, -0.2) is 19.9 Å². The molecule has 3 rings (SSSR count). The Balaban J connectivity index is 2.22. The number of methoxy groups -OCH3 is 1. The molecule has 0 saturated heterocycles. The lowest BCUT2D eigenvalue weighted by molar-refractivity contribution is 0.105. The zero-order valence-corrected chi connectivity index (χ0v) is 13.6. The van der Waals surface area contributed by atoms with Crippen LogP contribution in [0.1, 0.15) is 34.9 Å². The first-order chi connectivity index (χ1) is 11.2. The van der Waals surface area contributed by atoms with Crippen LogP contribution in [0, 0.1) is 12.3 Å². The number of terminal acetylenes is 1. The molecule has 0 aliphatic heterocycles. The van der Waals surface area contributed by atoms with Gasteiger partial charge >= 0.3 is 0 Å². The molecule has 0 amide bonds. The molecule has 2 aromatic heterocycles. The van der Waals surface area contributed by atoms with Gasteiger partial charge in [0.25, 0.3) is 5.78 Å². The lowest BCUT2D eigenvalue weighted by atomic mass is 10.1. The van der Waals surface area contributed by atoms with Crippen LogP contribution in [0.15, 0.2) is 17.4 Å². The maximum atomic E-state index is 11.9. The Bertz CT molecular complexity index is 812. The molecule has 7 heteroatoms. The van der Waals surface area contributed by atoms with E-state index in [-0.39, 0.29) is 5.69 Å². The maximum absolute atomic E-state index is 11.9. The molecule has 23 heavy (non-hydrogen) atoms. The number of carbonyl (C=O) groups excluding carboxylic acids is 1. The number of hydrogen-bond acceptors (Lipinski definition) is 7. The summed E-state index contributed by atoms with van der Waals surface area (Å²) in [5.41, 5.74) is 1.68. The van der Waals surface area contributed by atoms with Crippen molar-refractivity contribution >= 4 is 17.5 Å². The Labute approximate surface area is 138 Å². The molecule has 0 atom stereocenters. The van der Waals surface area contributed by atoms with E-state index in [1.54, 1.807) is 6.07 Å². The van der Waals surface area contributed by atoms with Gasteiger partial charge in [-0.15, -0.1) is 18.2 Å². The van der Waals surface area contributed by atoms with E-state index < -0.39 is 5.78 Å². The van der Waals surface area contributed by atoms with Crippen LogP contribution < -0.4 is 4.74 Å². The molecule has 2 heterocycles. The van der Waals surface area contributed by atoms with Crippen molar-refractivity contribution in [2.45, 2.75) is 23.8 Å². The smallest absolute Gasteiger partial charge is 0.254 e. The molecule has 0 N–H and O–H groups in total. The summed E-state index contributed by atoms with van der Waals surface area (Å²) in [6.07, 6.45) is 10.7. The molecule has 0 radical (unpaired) electrons. The highest BCUT2D eigenvalue weighted by molar-refractivity contribution is 7.98. The molecule has 0 aromatic carbocycles. The first-order valence-electron chi connectivity index (χ1n) is 7.01. The van der Waals surface area contributed by atoms with Crippen LogP contribution in [0.25, 0.3) is 11.4 Å². The molecule has 0 bridgehead atoms. The molecule has 116 valence electrons. The van der Waals surface area contributed by atoms with E-state index in [1.807, 2.05) is 6.26 Å². The lowest BCUT2D eigenvalue weighted by Gasteiger charge is -2.11. The first-order valence-corrected chi connectivity index (χ1v) is 8.23. The van der Waals surface area contributed by atoms with Crippen molar-refractivity contribution in [2.24, 2.45) is 0 Å². The summed E-state index contributed by atoms with van der Waals surface area (Å²) < 4.78 is 5.36. The molecule has 1 aliphatic rings. The highest BCUT2D eigenvalue weighted by atomic mass is 32.2. The van der Waals surface area contributed by atoms with Gasteiger partial charge in [0.1, 0.15) is 22.6 Å². The van der Waals surface area contributed by atoms with Crippen LogP contribution in [-0.4, -0.2) is 39.1 Å². The number of carbonyl (C=O) groups is 1. The number of Topliss-reactive ketones (excluding diaryl/α,β-unsaturated/α-hetero) is 1. The molecule has 6 nitrogen and oxygen atoms in total. The Hall–Kier alpha value is -2.46. The Morgan fingerprint density at radius 1 is 1.39 bits per heavy atom. The fraction of sp³-hybridized carbons (Fsp3) is 0.312. The molecule has 1 saturated carbocycles. The summed E-state index contributed by atoms with van der Waals surface area (Å²) in [5, 5.41) is 0.654. The third kappa shape index (κ3) is 3.03. The van der Waals surface area contributed by atoms with E-state index in [1.165, 1.54) is 25.2 Å². The van der Waals surface area contributed by atoms with Crippen molar-refractivity contribution < 1.29 is 9.53 Å². The van der Waals surface area contributed by atoms with E-state index in [0.717, 1.165) is 18.5 Å². The van der Waals surface area contributed by atoms with Gasteiger partial charge in [-0.1, -0.05) is 0 Å². The quantitative estimate of drug-likeness (QED) is 0.274. The Kier molecular flexibility index (Phi) is 4.26. The van der Waals surface area contributed by atoms with Crippen LogP contribution in [-0.2, 0) is 0 Å². The molecule has 2 aromatic rings. The Morgan fingerprint density at radius 2 is 2.17 bits per heavy atom. The van der Waals surface area contributed by atoms with Crippen molar-refractivity contribution in [3.8, 4) is 29.6 Å². The third-order valence-electron chi connectivity index (χ3n) is 3.50. The van der Waals surface area contributed by atoms with Crippen LogP contribution in [0.4, 0.5) is 0 Å². The molecular formula is C16H14N4O2S. The summed E-state index contributed by atoms with van der Waals surface area (Å²) in [6.45, 7) is 0. The van der Waals surface area contributed by atoms with Gasteiger partial charge in [-0.3, -0.25) is 4.79 Å². The minimum Gasteiger partial charge on any atom is -0.480 e. The van der Waals surface area contributed by atoms with Gasteiger partial charge in [0, 0.05) is 12.0 Å². The third-order valence-corrected chi connectivity index (χ3v) is 4.13. The molecule has 0 spiro atoms. The normalized spacial score (nSPS) is 13.4. The zero-order valence-electron chi connectivity index (χ0n) is 12.7. The zero-order chi connectivity index (χ0) is 16.4. The van der Waals surface area contributed by atoms with E-state index in [2.05, 4.69) is 25.9 Å². The number of rotatable bonds is 5. The number of nitrogens with zero attached hydrogens (tertiary/aromatic N) is 4. The first kappa shape index (κ1) is 15.4. The van der Waals surface area contributed by atoms with Gasteiger partial charge in [0.05, 0.1) is 12.8 Å². The minimum absolute atomic E-state index is 0.189. The average Bonchev–Trinajstić information content (AvgIpc) is 3.44. The van der Waals surface area contributed by atoms with Crippen molar-refractivity contribution in [1.29, 1.82) is 0 Å².